The number of piperidine rings is 1. The van der Waals surface area contributed by atoms with Gasteiger partial charge in [0.1, 0.15) is 0 Å². The highest BCUT2D eigenvalue weighted by molar-refractivity contribution is 4.90. The summed E-state index contributed by atoms with van der Waals surface area (Å²) in [7, 11) is 0. The van der Waals surface area contributed by atoms with Crippen LogP contribution in [0.3, 0.4) is 0 Å². The Morgan fingerprint density at radius 2 is 2.05 bits per heavy atom. The fourth-order valence-corrected chi connectivity index (χ4v) is 2.80. The van der Waals surface area contributed by atoms with Gasteiger partial charge in [0.15, 0.2) is 5.82 Å². The van der Waals surface area contributed by atoms with Crippen molar-refractivity contribution >= 4 is 0 Å². The van der Waals surface area contributed by atoms with Crippen LogP contribution >= 0.6 is 0 Å². The Morgan fingerprint density at radius 3 is 2.60 bits per heavy atom. The Kier molecular flexibility index (Phi) is 5.16. The van der Waals surface area contributed by atoms with Gasteiger partial charge in [-0.1, -0.05) is 25.9 Å². The van der Waals surface area contributed by atoms with Gasteiger partial charge >= 0.3 is 0 Å². The zero-order valence-electron chi connectivity index (χ0n) is 12.9. The number of aromatic nitrogens is 2. The minimum atomic E-state index is 0.133. The second-order valence-corrected chi connectivity index (χ2v) is 6.49. The minimum absolute atomic E-state index is 0.133. The first kappa shape index (κ1) is 15.4. The van der Waals surface area contributed by atoms with Gasteiger partial charge in [-0.05, 0) is 43.7 Å². The van der Waals surface area contributed by atoms with E-state index < -0.39 is 0 Å². The van der Waals surface area contributed by atoms with Crippen LogP contribution in [0.25, 0.3) is 0 Å². The summed E-state index contributed by atoms with van der Waals surface area (Å²) in [6.07, 6.45) is 4.02. The van der Waals surface area contributed by atoms with Gasteiger partial charge in [0.2, 0.25) is 5.89 Å². The van der Waals surface area contributed by atoms with Gasteiger partial charge in [0, 0.05) is 13.0 Å². The number of likely N-dealkylation sites (tertiary alicyclic amines) is 1. The second-order valence-electron chi connectivity index (χ2n) is 6.49. The molecule has 0 spiro atoms. The molecule has 1 fully saturated rings. The zero-order valence-corrected chi connectivity index (χ0v) is 12.9. The van der Waals surface area contributed by atoms with Crippen molar-refractivity contribution in [3.8, 4) is 0 Å². The maximum Gasteiger partial charge on any atom is 0.240 e. The van der Waals surface area contributed by atoms with E-state index in [9.17, 15) is 5.11 Å². The maximum atomic E-state index is 9.55. The fraction of sp³-hybridized carbons (Fsp3) is 0.867. The Bertz CT molecular complexity index is 403. The molecular formula is C15H27N3O2. The van der Waals surface area contributed by atoms with E-state index in [2.05, 4.69) is 35.8 Å². The van der Waals surface area contributed by atoms with Gasteiger partial charge in [-0.15, -0.1) is 0 Å². The third-order valence-electron chi connectivity index (χ3n) is 4.46. The van der Waals surface area contributed by atoms with Crippen LogP contribution in [0.4, 0.5) is 0 Å². The molecule has 1 N–H and O–H groups in total. The van der Waals surface area contributed by atoms with Crippen LogP contribution in [-0.2, 0) is 13.0 Å². The van der Waals surface area contributed by atoms with E-state index in [1.165, 1.54) is 0 Å². The number of hydrogen-bond acceptors (Lipinski definition) is 5. The molecule has 0 amide bonds. The molecule has 0 radical (unpaired) electrons. The Balaban J connectivity index is 1.85. The summed E-state index contributed by atoms with van der Waals surface area (Å²) in [5, 5.41) is 13.6. The molecule has 5 nitrogen and oxygen atoms in total. The molecule has 2 rings (SSSR count). The topological polar surface area (TPSA) is 62.4 Å². The van der Waals surface area contributed by atoms with Crippen LogP contribution in [0, 0.1) is 11.3 Å². The molecule has 1 aromatic heterocycles. The first-order valence-electron chi connectivity index (χ1n) is 7.71. The molecule has 0 aromatic carbocycles. The van der Waals surface area contributed by atoms with Crippen molar-refractivity contribution in [2.45, 2.75) is 53.0 Å². The molecule has 1 aliphatic rings. The van der Waals surface area contributed by atoms with E-state index in [4.69, 9.17) is 4.52 Å². The molecule has 2 heterocycles. The Hall–Kier alpha value is -0.940. The van der Waals surface area contributed by atoms with Crippen molar-refractivity contribution < 1.29 is 9.63 Å². The van der Waals surface area contributed by atoms with Crippen LogP contribution in [0.2, 0.25) is 0 Å². The number of hydrogen-bond donors (Lipinski definition) is 1. The van der Waals surface area contributed by atoms with Crippen LogP contribution in [-0.4, -0.2) is 39.8 Å². The van der Waals surface area contributed by atoms with Crippen molar-refractivity contribution in [2.75, 3.05) is 19.7 Å². The minimum Gasteiger partial charge on any atom is -0.396 e. The molecule has 20 heavy (non-hydrogen) atoms. The molecule has 1 saturated heterocycles. The molecule has 0 saturated carbocycles. The molecule has 1 aromatic rings. The predicted octanol–water partition coefficient (Wildman–Crippen LogP) is 2.25. The summed E-state index contributed by atoms with van der Waals surface area (Å²) >= 11 is 0. The number of rotatable bonds is 6. The zero-order chi connectivity index (χ0) is 14.6. The van der Waals surface area contributed by atoms with Gasteiger partial charge in [-0.25, -0.2) is 0 Å². The number of aliphatic hydroxyl groups excluding tert-OH is 1. The lowest BCUT2D eigenvalue weighted by Crippen LogP contribution is -2.41. The molecule has 5 heteroatoms. The second kappa shape index (κ2) is 6.68. The quantitative estimate of drug-likeness (QED) is 0.866. The maximum absolute atomic E-state index is 9.55. The van der Waals surface area contributed by atoms with Crippen molar-refractivity contribution in [3.63, 3.8) is 0 Å². The van der Waals surface area contributed by atoms with Crippen molar-refractivity contribution in [2.24, 2.45) is 11.3 Å². The highest BCUT2D eigenvalue weighted by Crippen LogP contribution is 2.34. The molecule has 0 unspecified atom stereocenters. The van der Waals surface area contributed by atoms with E-state index in [0.717, 1.165) is 51.1 Å². The lowest BCUT2D eigenvalue weighted by Gasteiger charge is -2.39. The first-order valence-corrected chi connectivity index (χ1v) is 7.71. The summed E-state index contributed by atoms with van der Waals surface area (Å²) in [6.45, 7) is 9.50. The molecule has 0 bridgehead atoms. The number of nitrogens with zero attached hydrogens (tertiary/aromatic N) is 3. The average molecular weight is 281 g/mol. The smallest absolute Gasteiger partial charge is 0.240 e. The van der Waals surface area contributed by atoms with Gasteiger partial charge in [0.25, 0.3) is 0 Å². The van der Waals surface area contributed by atoms with Crippen LogP contribution in [0.1, 0.15) is 51.7 Å². The van der Waals surface area contributed by atoms with E-state index in [0.29, 0.717) is 18.4 Å². The predicted molar refractivity (Wildman–Crippen MR) is 77.2 cm³/mol. The SMILES string of the molecule is CCC1(CO)CCN(Cc2nc(CC(C)C)no2)CC1. The highest BCUT2D eigenvalue weighted by Gasteiger charge is 2.32. The summed E-state index contributed by atoms with van der Waals surface area (Å²) in [5.41, 5.74) is 0.133. The largest absolute Gasteiger partial charge is 0.396 e. The van der Waals surface area contributed by atoms with Crippen molar-refractivity contribution in [1.29, 1.82) is 0 Å². The Morgan fingerprint density at radius 1 is 1.35 bits per heavy atom. The van der Waals surface area contributed by atoms with Crippen LogP contribution in [0.15, 0.2) is 4.52 Å². The lowest BCUT2D eigenvalue weighted by atomic mass is 9.77. The summed E-state index contributed by atoms with van der Waals surface area (Å²) in [4.78, 5) is 6.80. The molecule has 0 aliphatic carbocycles. The third kappa shape index (κ3) is 3.79. The van der Waals surface area contributed by atoms with Gasteiger partial charge in [0.05, 0.1) is 6.54 Å². The van der Waals surface area contributed by atoms with Crippen molar-refractivity contribution in [1.82, 2.24) is 15.0 Å². The highest BCUT2D eigenvalue weighted by atomic mass is 16.5. The van der Waals surface area contributed by atoms with Crippen LogP contribution in [0.5, 0.6) is 0 Å². The standard InChI is InChI=1S/C15H27N3O2/c1-4-15(11-19)5-7-18(8-6-15)10-14-16-13(17-20-14)9-12(2)3/h12,19H,4-11H2,1-3H3. The number of aliphatic hydroxyl groups is 1. The average Bonchev–Trinajstić information content (AvgIpc) is 2.86. The fourth-order valence-electron chi connectivity index (χ4n) is 2.80. The van der Waals surface area contributed by atoms with E-state index in [-0.39, 0.29) is 5.41 Å². The van der Waals surface area contributed by atoms with Crippen LogP contribution < -0.4 is 0 Å². The Labute approximate surface area is 121 Å². The molecule has 1 aliphatic heterocycles. The van der Waals surface area contributed by atoms with E-state index >= 15 is 0 Å². The molecule has 114 valence electrons. The van der Waals surface area contributed by atoms with E-state index in [1.807, 2.05) is 0 Å². The summed E-state index contributed by atoms with van der Waals surface area (Å²) in [5.74, 6) is 2.07. The first-order chi connectivity index (χ1) is 9.57. The van der Waals surface area contributed by atoms with Gasteiger partial charge in [-0.2, -0.15) is 4.98 Å². The summed E-state index contributed by atoms with van der Waals surface area (Å²) < 4.78 is 5.32. The van der Waals surface area contributed by atoms with Gasteiger partial charge < -0.3 is 9.63 Å². The van der Waals surface area contributed by atoms with E-state index in [1.54, 1.807) is 0 Å². The van der Waals surface area contributed by atoms with Crippen molar-refractivity contribution in [3.05, 3.63) is 11.7 Å². The molecular weight excluding hydrogens is 254 g/mol. The normalized spacial score (nSPS) is 19.6. The monoisotopic (exact) mass is 281 g/mol. The lowest BCUT2D eigenvalue weighted by molar-refractivity contribution is 0.0348. The molecule has 0 atom stereocenters. The summed E-state index contributed by atoms with van der Waals surface area (Å²) in [6, 6.07) is 0. The van der Waals surface area contributed by atoms with Gasteiger partial charge in [-0.3, -0.25) is 4.90 Å². The third-order valence-corrected chi connectivity index (χ3v) is 4.46.